The Kier molecular flexibility index (Phi) is 3.52. The first-order chi connectivity index (χ1) is 10.9. The van der Waals surface area contributed by atoms with Crippen LogP contribution in [0.2, 0.25) is 0 Å². The summed E-state index contributed by atoms with van der Waals surface area (Å²) in [5.74, 6) is -2.26. The fourth-order valence-electron chi connectivity index (χ4n) is 2.36. The first-order valence-corrected chi connectivity index (χ1v) is 6.70. The molecule has 23 heavy (non-hydrogen) atoms. The highest BCUT2D eigenvalue weighted by molar-refractivity contribution is 6.14. The maximum atomic E-state index is 12.6. The van der Waals surface area contributed by atoms with Gasteiger partial charge in [0.15, 0.2) is 5.78 Å². The van der Waals surface area contributed by atoms with E-state index in [1.54, 1.807) is 30.3 Å². The van der Waals surface area contributed by atoms with Crippen molar-refractivity contribution in [3.8, 4) is 0 Å². The highest BCUT2D eigenvalue weighted by atomic mass is 19.4. The number of rotatable bonds is 3. The molecule has 0 saturated heterocycles. The van der Waals surface area contributed by atoms with E-state index in [1.165, 1.54) is 18.2 Å². The monoisotopic (exact) mass is 317 g/mol. The molecule has 0 atom stereocenters. The average Bonchev–Trinajstić information content (AvgIpc) is 2.96. The molecule has 0 saturated carbocycles. The van der Waals surface area contributed by atoms with Crippen LogP contribution in [0.15, 0.2) is 54.7 Å². The van der Waals surface area contributed by atoms with E-state index in [4.69, 9.17) is 0 Å². The molecule has 116 valence electrons. The zero-order valence-corrected chi connectivity index (χ0v) is 11.6. The number of hydrogen-bond donors (Lipinski definition) is 1. The van der Waals surface area contributed by atoms with Gasteiger partial charge in [0, 0.05) is 28.2 Å². The van der Waals surface area contributed by atoms with Crippen LogP contribution in [0, 0.1) is 0 Å². The third kappa shape index (κ3) is 2.75. The summed E-state index contributed by atoms with van der Waals surface area (Å²) in [5, 5.41) is 0.0779. The van der Waals surface area contributed by atoms with Crippen LogP contribution in [-0.2, 0) is 0 Å². The Labute approximate surface area is 128 Å². The SMILES string of the molecule is O=C(c1ccccc1)c1ccc2[nH]cc(C(=O)C(F)(F)F)c2c1. The minimum Gasteiger partial charge on any atom is -0.360 e. The fourth-order valence-corrected chi connectivity index (χ4v) is 2.36. The Hall–Kier alpha value is -2.89. The highest BCUT2D eigenvalue weighted by Gasteiger charge is 2.40. The topological polar surface area (TPSA) is 49.9 Å². The summed E-state index contributed by atoms with van der Waals surface area (Å²) in [6.07, 6.45) is -3.95. The second-order valence-corrected chi connectivity index (χ2v) is 4.98. The van der Waals surface area contributed by atoms with Crippen LogP contribution in [0.5, 0.6) is 0 Å². The number of benzene rings is 2. The largest absolute Gasteiger partial charge is 0.454 e. The molecule has 0 radical (unpaired) electrons. The van der Waals surface area contributed by atoms with Gasteiger partial charge < -0.3 is 4.98 Å². The molecule has 1 N–H and O–H groups in total. The average molecular weight is 317 g/mol. The molecule has 0 aliphatic heterocycles. The number of aromatic nitrogens is 1. The van der Waals surface area contributed by atoms with Crippen molar-refractivity contribution in [2.24, 2.45) is 0 Å². The smallest absolute Gasteiger partial charge is 0.360 e. The minimum atomic E-state index is -4.96. The van der Waals surface area contributed by atoms with Crippen molar-refractivity contribution in [1.82, 2.24) is 4.98 Å². The summed E-state index contributed by atoms with van der Waals surface area (Å²) in [6, 6.07) is 12.7. The Morgan fingerprint density at radius 3 is 2.26 bits per heavy atom. The third-order valence-electron chi connectivity index (χ3n) is 3.48. The summed E-state index contributed by atoms with van der Waals surface area (Å²) < 4.78 is 37.9. The van der Waals surface area contributed by atoms with E-state index in [2.05, 4.69) is 4.98 Å². The van der Waals surface area contributed by atoms with Crippen molar-refractivity contribution in [1.29, 1.82) is 0 Å². The maximum absolute atomic E-state index is 12.6. The molecular formula is C17H10F3NO2. The number of ketones is 2. The van der Waals surface area contributed by atoms with Gasteiger partial charge in [0.1, 0.15) is 0 Å². The minimum absolute atomic E-state index is 0.0779. The lowest BCUT2D eigenvalue weighted by Gasteiger charge is -2.05. The first kappa shape index (κ1) is 15.0. The number of H-pyrrole nitrogens is 1. The third-order valence-corrected chi connectivity index (χ3v) is 3.48. The van der Waals surface area contributed by atoms with Crippen molar-refractivity contribution in [3.63, 3.8) is 0 Å². The van der Waals surface area contributed by atoms with E-state index >= 15 is 0 Å². The molecule has 3 nitrogen and oxygen atoms in total. The van der Waals surface area contributed by atoms with Crippen molar-refractivity contribution >= 4 is 22.5 Å². The fraction of sp³-hybridized carbons (Fsp3) is 0.0588. The van der Waals surface area contributed by atoms with Crippen LogP contribution in [0.4, 0.5) is 13.2 Å². The maximum Gasteiger partial charge on any atom is 0.454 e. The number of alkyl halides is 3. The van der Waals surface area contributed by atoms with E-state index < -0.39 is 17.5 Å². The number of aromatic amines is 1. The number of carbonyl (C=O) groups is 2. The molecule has 1 aromatic heterocycles. The second-order valence-electron chi connectivity index (χ2n) is 4.98. The number of fused-ring (bicyclic) bond motifs is 1. The van der Waals surface area contributed by atoms with Gasteiger partial charge in [-0.25, -0.2) is 0 Å². The quantitative estimate of drug-likeness (QED) is 0.738. The Balaban J connectivity index is 2.08. The van der Waals surface area contributed by atoms with E-state index in [0.717, 1.165) is 6.20 Å². The van der Waals surface area contributed by atoms with Crippen molar-refractivity contribution in [3.05, 3.63) is 71.4 Å². The highest BCUT2D eigenvalue weighted by Crippen LogP contribution is 2.28. The lowest BCUT2D eigenvalue weighted by Crippen LogP contribution is -2.22. The van der Waals surface area contributed by atoms with E-state index in [0.29, 0.717) is 11.1 Å². The number of nitrogens with one attached hydrogen (secondary N) is 1. The van der Waals surface area contributed by atoms with Gasteiger partial charge in [-0.2, -0.15) is 13.2 Å². The summed E-state index contributed by atoms with van der Waals surface area (Å²) in [7, 11) is 0. The molecule has 0 unspecified atom stereocenters. The van der Waals surface area contributed by atoms with Gasteiger partial charge in [-0.15, -0.1) is 0 Å². The first-order valence-electron chi connectivity index (χ1n) is 6.70. The van der Waals surface area contributed by atoms with Crippen LogP contribution in [0.3, 0.4) is 0 Å². The summed E-state index contributed by atoms with van der Waals surface area (Å²) >= 11 is 0. The molecule has 6 heteroatoms. The van der Waals surface area contributed by atoms with Crippen LogP contribution >= 0.6 is 0 Å². The Morgan fingerprint density at radius 1 is 0.913 bits per heavy atom. The molecule has 3 rings (SSSR count). The van der Waals surface area contributed by atoms with Gasteiger partial charge in [-0.1, -0.05) is 30.3 Å². The molecule has 0 fully saturated rings. The van der Waals surface area contributed by atoms with Crippen LogP contribution < -0.4 is 0 Å². The Bertz CT molecular complexity index is 895. The summed E-state index contributed by atoms with van der Waals surface area (Å²) in [6.45, 7) is 0. The van der Waals surface area contributed by atoms with Crippen molar-refractivity contribution < 1.29 is 22.8 Å². The van der Waals surface area contributed by atoms with Crippen molar-refractivity contribution in [2.45, 2.75) is 6.18 Å². The zero-order chi connectivity index (χ0) is 16.6. The second kappa shape index (κ2) is 5.39. The Morgan fingerprint density at radius 2 is 1.61 bits per heavy atom. The lowest BCUT2D eigenvalue weighted by atomic mass is 10.00. The zero-order valence-electron chi connectivity index (χ0n) is 11.6. The standard InChI is InChI=1S/C17H10F3NO2/c18-17(19,20)16(23)13-9-21-14-7-6-11(8-12(13)14)15(22)10-4-2-1-3-5-10/h1-9,21H. The predicted molar refractivity (Wildman–Crippen MR) is 78.6 cm³/mol. The van der Waals surface area contributed by atoms with E-state index in [-0.39, 0.29) is 16.7 Å². The molecule has 0 amide bonds. The number of carbonyl (C=O) groups excluding carboxylic acids is 2. The van der Waals surface area contributed by atoms with Gasteiger partial charge in [0.05, 0.1) is 5.56 Å². The lowest BCUT2D eigenvalue weighted by molar-refractivity contribution is -0.0884. The number of Topliss-reactive ketones (excluding diaryl/α,β-unsaturated/α-hetero) is 1. The normalized spacial score (nSPS) is 11.6. The molecule has 3 aromatic rings. The van der Waals surface area contributed by atoms with Gasteiger partial charge in [-0.3, -0.25) is 9.59 Å². The van der Waals surface area contributed by atoms with Gasteiger partial charge in [0.2, 0.25) is 0 Å². The molecule has 0 aliphatic carbocycles. The van der Waals surface area contributed by atoms with Gasteiger partial charge in [-0.05, 0) is 18.2 Å². The summed E-state index contributed by atoms with van der Waals surface area (Å²) in [4.78, 5) is 26.5. The molecule has 0 bridgehead atoms. The molecular weight excluding hydrogens is 307 g/mol. The van der Waals surface area contributed by atoms with Crippen LogP contribution in [0.1, 0.15) is 26.3 Å². The molecule has 0 spiro atoms. The van der Waals surface area contributed by atoms with E-state index in [1.807, 2.05) is 0 Å². The van der Waals surface area contributed by atoms with Crippen molar-refractivity contribution in [2.75, 3.05) is 0 Å². The van der Waals surface area contributed by atoms with Gasteiger partial charge in [0.25, 0.3) is 5.78 Å². The predicted octanol–water partition coefficient (Wildman–Crippen LogP) is 4.14. The molecule has 2 aromatic carbocycles. The number of hydrogen-bond acceptors (Lipinski definition) is 2. The molecule has 1 heterocycles. The van der Waals surface area contributed by atoms with Gasteiger partial charge >= 0.3 is 6.18 Å². The summed E-state index contributed by atoms with van der Waals surface area (Å²) in [5.41, 5.74) is 0.517. The van der Waals surface area contributed by atoms with Crippen LogP contribution in [0.25, 0.3) is 10.9 Å². The van der Waals surface area contributed by atoms with Crippen LogP contribution in [-0.4, -0.2) is 22.7 Å². The molecule has 0 aliphatic rings. The van der Waals surface area contributed by atoms with E-state index in [9.17, 15) is 22.8 Å². The number of halogens is 3.